The van der Waals surface area contributed by atoms with E-state index in [4.69, 9.17) is 0 Å². The Labute approximate surface area is 80.4 Å². The lowest BCUT2D eigenvalue weighted by Crippen LogP contribution is -1.96. The first-order valence-corrected chi connectivity index (χ1v) is 4.37. The van der Waals surface area contributed by atoms with E-state index in [0.29, 0.717) is 12.5 Å². The smallest absolute Gasteiger partial charge is 0.302 e. The largest absolute Gasteiger partial charge is 0.462 e. The summed E-state index contributed by atoms with van der Waals surface area (Å²) in [5, 5.41) is 9.74. The lowest BCUT2D eigenvalue weighted by molar-refractivity contribution is -0.139. The molecular formula is C10H19O3. The first-order chi connectivity index (χ1) is 6.04. The number of carbonyl (C=O) groups excluding carboxylic acids is 1. The summed E-state index contributed by atoms with van der Waals surface area (Å²) in [4.78, 5) is 9.93. The SMILES string of the molecule is C=CCOC(C)=O.CC(C)CC[O]. The van der Waals surface area contributed by atoms with Crippen LogP contribution in [0.4, 0.5) is 0 Å². The molecule has 3 heteroatoms. The van der Waals surface area contributed by atoms with Gasteiger partial charge < -0.3 is 4.74 Å². The molecule has 0 fully saturated rings. The second-order valence-electron chi connectivity index (χ2n) is 2.98. The number of hydrogen-bond acceptors (Lipinski definition) is 2. The highest BCUT2D eigenvalue weighted by Crippen LogP contribution is 1.95. The van der Waals surface area contributed by atoms with Crippen LogP contribution in [0.2, 0.25) is 0 Å². The molecule has 0 heterocycles. The molecule has 0 unspecified atom stereocenters. The van der Waals surface area contributed by atoms with Crippen molar-refractivity contribution in [3.05, 3.63) is 12.7 Å². The van der Waals surface area contributed by atoms with Crippen molar-refractivity contribution >= 4 is 5.97 Å². The minimum Gasteiger partial charge on any atom is -0.462 e. The van der Waals surface area contributed by atoms with E-state index in [1.807, 2.05) is 0 Å². The van der Waals surface area contributed by atoms with Gasteiger partial charge in [-0.2, -0.15) is 0 Å². The van der Waals surface area contributed by atoms with Crippen molar-refractivity contribution in [2.75, 3.05) is 13.2 Å². The van der Waals surface area contributed by atoms with E-state index in [2.05, 4.69) is 25.2 Å². The van der Waals surface area contributed by atoms with Crippen molar-refractivity contribution in [3.63, 3.8) is 0 Å². The van der Waals surface area contributed by atoms with Crippen LogP contribution < -0.4 is 0 Å². The van der Waals surface area contributed by atoms with Crippen molar-refractivity contribution in [2.24, 2.45) is 5.92 Å². The molecule has 0 atom stereocenters. The van der Waals surface area contributed by atoms with Gasteiger partial charge in [0.15, 0.2) is 0 Å². The molecule has 0 amide bonds. The zero-order chi connectivity index (χ0) is 10.7. The third-order valence-electron chi connectivity index (χ3n) is 1.10. The van der Waals surface area contributed by atoms with Crippen LogP contribution in [0.5, 0.6) is 0 Å². The summed E-state index contributed by atoms with van der Waals surface area (Å²) in [6, 6.07) is 0. The predicted molar refractivity (Wildman–Crippen MR) is 51.8 cm³/mol. The molecule has 0 aromatic heterocycles. The predicted octanol–water partition coefficient (Wildman–Crippen LogP) is 2.20. The summed E-state index contributed by atoms with van der Waals surface area (Å²) >= 11 is 0. The lowest BCUT2D eigenvalue weighted by atomic mass is 10.2. The average molecular weight is 187 g/mol. The molecular weight excluding hydrogens is 168 g/mol. The first-order valence-electron chi connectivity index (χ1n) is 4.37. The Hall–Kier alpha value is -0.830. The monoisotopic (exact) mass is 187 g/mol. The molecule has 77 valence electrons. The van der Waals surface area contributed by atoms with Gasteiger partial charge in [0.05, 0.1) is 6.61 Å². The maximum atomic E-state index is 9.93. The summed E-state index contributed by atoms with van der Waals surface area (Å²) in [7, 11) is 0. The fourth-order valence-electron chi connectivity index (χ4n) is 0.412. The molecule has 0 aliphatic rings. The van der Waals surface area contributed by atoms with E-state index in [1.54, 1.807) is 0 Å². The lowest BCUT2D eigenvalue weighted by Gasteiger charge is -1.94. The van der Waals surface area contributed by atoms with Gasteiger partial charge >= 0.3 is 5.97 Å². The summed E-state index contributed by atoms with van der Waals surface area (Å²) in [5.74, 6) is 0.322. The first kappa shape index (κ1) is 14.7. The van der Waals surface area contributed by atoms with Gasteiger partial charge in [0.25, 0.3) is 0 Å². The average Bonchev–Trinajstić information content (AvgIpc) is 2.01. The van der Waals surface area contributed by atoms with E-state index >= 15 is 0 Å². The van der Waals surface area contributed by atoms with Crippen LogP contribution in [0, 0.1) is 5.92 Å². The van der Waals surface area contributed by atoms with Gasteiger partial charge in [-0.3, -0.25) is 4.79 Å². The molecule has 0 N–H and O–H groups in total. The van der Waals surface area contributed by atoms with Crippen LogP contribution in [-0.2, 0) is 14.6 Å². The van der Waals surface area contributed by atoms with Crippen LogP contribution in [0.3, 0.4) is 0 Å². The van der Waals surface area contributed by atoms with E-state index in [1.165, 1.54) is 13.0 Å². The zero-order valence-electron chi connectivity index (χ0n) is 8.71. The Morgan fingerprint density at radius 2 is 2.08 bits per heavy atom. The minimum absolute atomic E-state index is 0.0810. The standard InChI is InChI=1S/C5H8O2.C5H11O/c1-3-4-7-5(2)6;1-5(2)3-4-6/h3H,1,4H2,2H3;5H,3-4H2,1-2H3. The van der Waals surface area contributed by atoms with Crippen molar-refractivity contribution in [1.29, 1.82) is 0 Å². The van der Waals surface area contributed by atoms with Crippen LogP contribution in [-0.4, -0.2) is 19.2 Å². The number of ether oxygens (including phenoxy) is 1. The van der Waals surface area contributed by atoms with Gasteiger partial charge in [-0.25, -0.2) is 5.11 Å². The molecule has 13 heavy (non-hydrogen) atoms. The van der Waals surface area contributed by atoms with Gasteiger partial charge in [-0.1, -0.05) is 26.5 Å². The summed E-state index contributed by atoms with van der Waals surface area (Å²) in [5.41, 5.74) is 0. The molecule has 0 saturated carbocycles. The molecule has 1 radical (unpaired) electrons. The summed E-state index contributed by atoms with van der Waals surface area (Å²) in [6.45, 7) is 9.22. The number of hydrogen-bond donors (Lipinski definition) is 0. The van der Waals surface area contributed by atoms with Gasteiger partial charge in [0.1, 0.15) is 6.61 Å². The highest BCUT2D eigenvalue weighted by atomic mass is 16.5. The highest BCUT2D eigenvalue weighted by Gasteiger charge is 1.87. The fourth-order valence-corrected chi connectivity index (χ4v) is 0.412. The van der Waals surface area contributed by atoms with Crippen LogP contribution >= 0.6 is 0 Å². The Morgan fingerprint density at radius 1 is 1.54 bits per heavy atom. The summed E-state index contributed by atoms with van der Waals surface area (Å²) in [6.07, 6.45) is 2.35. The van der Waals surface area contributed by atoms with Crippen LogP contribution in [0.25, 0.3) is 0 Å². The normalized spacial score (nSPS) is 8.69. The minimum atomic E-state index is -0.264. The molecule has 0 rings (SSSR count). The number of carbonyl (C=O) groups is 1. The van der Waals surface area contributed by atoms with Gasteiger partial charge in [0, 0.05) is 6.92 Å². The third-order valence-corrected chi connectivity index (χ3v) is 1.10. The Morgan fingerprint density at radius 3 is 2.15 bits per heavy atom. The van der Waals surface area contributed by atoms with Gasteiger partial charge in [-0.15, -0.1) is 0 Å². The second-order valence-corrected chi connectivity index (χ2v) is 2.98. The van der Waals surface area contributed by atoms with Crippen molar-refractivity contribution < 1.29 is 14.6 Å². The van der Waals surface area contributed by atoms with Crippen molar-refractivity contribution in [1.82, 2.24) is 0 Å². The van der Waals surface area contributed by atoms with Crippen LogP contribution in [0.1, 0.15) is 27.2 Å². The number of esters is 1. The van der Waals surface area contributed by atoms with Crippen molar-refractivity contribution in [3.8, 4) is 0 Å². The van der Waals surface area contributed by atoms with Gasteiger partial charge in [0.2, 0.25) is 0 Å². The Balaban J connectivity index is 0. The quantitative estimate of drug-likeness (QED) is 0.500. The van der Waals surface area contributed by atoms with E-state index in [9.17, 15) is 9.90 Å². The number of rotatable bonds is 4. The third kappa shape index (κ3) is 24.7. The molecule has 0 saturated heterocycles. The second kappa shape index (κ2) is 11.2. The molecule has 0 aliphatic carbocycles. The maximum Gasteiger partial charge on any atom is 0.302 e. The fraction of sp³-hybridized carbons (Fsp3) is 0.700. The zero-order valence-corrected chi connectivity index (χ0v) is 8.71. The molecule has 0 spiro atoms. The highest BCUT2D eigenvalue weighted by molar-refractivity contribution is 5.65. The van der Waals surface area contributed by atoms with E-state index < -0.39 is 0 Å². The summed E-state index contributed by atoms with van der Waals surface area (Å²) < 4.78 is 4.43. The van der Waals surface area contributed by atoms with Crippen molar-refractivity contribution in [2.45, 2.75) is 27.2 Å². The van der Waals surface area contributed by atoms with E-state index in [-0.39, 0.29) is 12.6 Å². The molecule has 0 aromatic carbocycles. The Kier molecular flexibility index (Phi) is 12.6. The van der Waals surface area contributed by atoms with E-state index in [0.717, 1.165) is 6.42 Å². The maximum absolute atomic E-state index is 9.93. The molecule has 0 bridgehead atoms. The molecule has 0 aliphatic heterocycles. The van der Waals surface area contributed by atoms with Crippen LogP contribution in [0.15, 0.2) is 12.7 Å². The topological polar surface area (TPSA) is 46.2 Å². The molecule has 3 nitrogen and oxygen atoms in total. The Bertz CT molecular complexity index is 130. The molecule has 0 aromatic rings. The van der Waals surface area contributed by atoms with Gasteiger partial charge in [-0.05, 0) is 12.3 Å².